The van der Waals surface area contributed by atoms with Crippen LogP contribution in [0.1, 0.15) is 34.6 Å². The summed E-state index contributed by atoms with van der Waals surface area (Å²) in [5.41, 5.74) is -2.25. The molecule has 0 atom stereocenters. The van der Waals surface area contributed by atoms with Crippen LogP contribution in [-0.4, -0.2) is 24.2 Å². The topological polar surface area (TPSA) is 137 Å². The zero-order chi connectivity index (χ0) is 19.7. The van der Waals surface area contributed by atoms with E-state index in [2.05, 4.69) is 0 Å². The van der Waals surface area contributed by atoms with Crippen LogP contribution in [-0.2, 0) is 4.74 Å². The molecule has 128 valence electrons. The van der Waals surface area contributed by atoms with Crippen molar-refractivity contribution in [3.63, 3.8) is 0 Å². The monoisotopic (exact) mass is 345 g/mol. The van der Waals surface area contributed by atoms with Crippen molar-refractivity contribution in [2.45, 2.75) is 13.8 Å². The Labute approximate surface area is 150 Å². The predicted molar refractivity (Wildman–Crippen MR) is 91.6 cm³/mol. The number of allylic oxidation sites excluding steroid dienone is 3. The average Bonchev–Trinajstić information content (AvgIpc) is 2.66. The van der Waals surface area contributed by atoms with E-state index in [0.29, 0.717) is 0 Å². The molecule has 0 N–H and O–H groups in total. The zero-order valence-corrected chi connectivity index (χ0v) is 14.1. The Hall–Kier alpha value is -3.98. The molecule has 1 aromatic carbocycles. The fraction of sp³-hybridized carbons (Fsp3) is 0.211. The third-order valence-corrected chi connectivity index (χ3v) is 3.11. The van der Waals surface area contributed by atoms with Crippen molar-refractivity contribution in [2.75, 3.05) is 6.61 Å². The van der Waals surface area contributed by atoms with Crippen LogP contribution < -0.4 is 0 Å². The number of Topliss-reactive ketones (excluding diaryl/α,β-unsaturated/α-hetero) is 1. The molecule has 0 aliphatic carbocycles. The van der Waals surface area contributed by atoms with Gasteiger partial charge in [0.2, 0.25) is 0 Å². The van der Waals surface area contributed by atoms with Crippen LogP contribution in [0.25, 0.3) is 5.41 Å². The minimum Gasteiger partial charge on any atom is -0.762 e. The van der Waals surface area contributed by atoms with Crippen molar-refractivity contribution < 1.29 is 14.3 Å². The molecule has 0 spiro atoms. The number of benzene rings is 1. The lowest BCUT2D eigenvalue weighted by molar-refractivity contribution is 0.0456. The highest BCUT2D eigenvalue weighted by molar-refractivity contribution is 6.19. The Balaban J connectivity index is 3.54. The van der Waals surface area contributed by atoms with Crippen LogP contribution >= 0.6 is 0 Å². The fourth-order valence-corrected chi connectivity index (χ4v) is 1.94. The maximum Gasteiger partial charge on any atom is 0.338 e. The van der Waals surface area contributed by atoms with E-state index >= 15 is 0 Å². The number of nitrogens with zero attached hydrogens (tertiary/aromatic N) is 4. The Kier molecular flexibility index (Phi) is 7.21. The lowest BCUT2D eigenvalue weighted by Gasteiger charge is -2.11. The van der Waals surface area contributed by atoms with Gasteiger partial charge in [-0.2, -0.15) is 15.8 Å². The van der Waals surface area contributed by atoms with Gasteiger partial charge in [-0.1, -0.05) is 32.0 Å². The second-order valence-electron chi connectivity index (χ2n) is 5.44. The first-order chi connectivity index (χ1) is 12.4. The van der Waals surface area contributed by atoms with E-state index in [1.54, 1.807) is 0 Å². The van der Waals surface area contributed by atoms with Crippen molar-refractivity contribution in [3.8, 4) is 18.2 Å². The van der Waals surface area contributed by atoms with Crippen molar-refractivity contribution in [2.24, 2.45) is 5.92 Å². The first kappa shape index (κ1) is 20.1. The summed E-state index contributed by atoms with van der Waals surface area (Å²) in [5, 5.41) is 36.2. The van der Waals surface area contributed by atoms with Gasteiger partial charge in [0.25, 0.3) is 0 Å². The second-order valence-corrected chi connectivity index (χ2v) is 5.44. The molecule has 26 heavy (non-hydrogen) atoms. The van der Waals surface area contributed by atoms with E-state index in [-0.39, 0.29) is 23.7 Å². The number of carbonyl (C=O) groups is 2. The van der Waals surface area contributed by atoms with E-state index in [0.717, 1.165) is 0 Å². The molecule has 0 unspecified atom stereocenters. The van der Waals surface area contributed by atoms with Gasteiger partial charge in [0.05, 0.1) is 23.3 Å². The molecule has 0 aliphatic rings. The van der Waals surface area contributed by atoms with Crippen LogP contribution in [0.4, 0.5) is 0 Å². The van der Waals surface area contributed by atoms with Crippen molar-refractivity contribution in [1.29, 1.82) is 15.8 Å². The first-order valence-corrected chi connectivity index (χ1v) is 7.44. The van der Waals surface area contributed by atoms with E-state index in [1.165, 1.54) is 48.3 Å². The summed E-state index contributed by atoms with van der Waals surface area (Å²) in [6.45, 7) is 3.83. The van der Waals surface area contributed by atoms with Crippen molar-refractivity contribution >= 4 is 17.6 Å². The van der Waals surface area contributed by atoms with Gasteiger partial charge in [0.1, 0.15) is 23.8 Å². The second kappa shape index (κ2) is 9.35. The predicted octanol–water partition coefficient (Wildman–Crippen LogP) is 2.71. The maximum atomic E-state index is 12.8. The van der Waals surface area contributed by atoms with Gasteiger partial charge in [0.15, 0.2) is 5.78 Å². The van der Waals surface area contributed by atoms with Crippen LogP contribution in [0.15, 0.2) is 41.0 Å². The summed E-state index contributed by atoms with van der Waals surface area (Å²) in [4.78, 5) is 25.1. The Morgan fingerprint density at radius 3 is 2.12 bits per heavy atom. The van der Waals surface area contributed by atoms with Crippen LogP contribution in [0.5, 0.6) is 0 Å². The lowest BCUT2D eigenvalue weighted by Crippen LogP contribution is -2.16. The minimum absolute atomic E-state index is 0.0816. The molecule has 7 heteroatoms. The highest BCUT2D eigenvalue weighted by Crippen LogP contribution is 2.22. The van der Waals surface area contributed by atoms with Gasteiger partial charge in [-0.05, 0) is 12.0 Å². The molecule has 0 amide bonds. The molecule has 0 fully saturated rings. The number of hydrogen-bond acceptors (Lipinski definition) is 6. The SMILES string of the molecule is CC(C)COC(=O)c1ccccc1C(=O)C(C(=C=[N-])C#N)=C(C#N)C#N. The van der Waals surface area contributed by atoms with E-state index in [1.807, 2.05) is 13.8 Å². The quantitative estimate of drug-likeness (QED) is 0.194. The molecule has 1 aromatic rings. The summed E-state index contributed by atoms with van der Waals surface area (Å²) in [6.07, 6.45) is 0. The van der Waals surface area contributed by atoms with Gasteiger partial charge in [-0.25, -0.2) is 10.7 Å². The molecular weight excluding hydrogens is 332 g/mol. The van der Waals surface area contributed by atoms with Crippen LogP contribution in [0, 0.1) is 39.9 Å². The summed E-state index contributed by atoms with van der Waals surface area (Å²) in [6, 6.07) is 10.1. The standard InChI is InChI=1S/C19H13N4O3/c1-12(2)11-26-19(25)16-6-4-3-5-15(16)18(24)17(13(7-20)8-21)14(9-22)10-23/h3-6,12H,11H2,1-2H3/q-1. The van der Waals surface area contributed by atoms with Gasteiger partial charge in [-0.3, -0.25) is 4.79 Å². The van der Waals surface area contributed by atoms with Gasteiger partial charge in [-0.15, -0.1) is 0 Å². The molecule has 1 rings (SSSR count). The summed E-state index contributed by atoms with van der Waals surface area (Å²) in [7, 11) is 0. The summed E-state index contributed by atoms with van der Waals surface area (Å²) in [5.74, 6) is -0.122. The third-order valence-electron chi connectivity index (χ3n) is 3.11. The number of hydrogen-bond donors (Lipinski definition) is 0. The van der Waals surface area contributed by atoms with Crippen LogP contribution in [0.3, 0.4) is 0 Å². The molecule has 0 heterocycles. The fourth-order valence-electron chi connectivity index (χ4n) is 1.94. The molecule has 0 saturated carbocycles. The van der Waals surface area contributed by atoms with Crippen molar-refractivity contribution in [3.05, 3.63) is 57.5 Å². The van der Waals surface area contributed by atoms with Crippen LogP contribution in [0.2, 0.25) is 0 Å². The molecule has 0 bridgehead atoms. The van der Waals surface area contributed by atoms with Gasteiger partial charge in [0, 0.05) is 5.56 Å². The number of esters is 1. The summed E-state index contributed by atoms with van der Waals surface area (Å²) < 4.78 is 5.11. The Bertz CT molecular complexity index is 930. The highest BCUT2D eigenvalue weighted by Gasteiger charge is 2.25. The lowest BCUT2D eigenvalue weighted by atomic mass is 9.91. The zero-order valence-electron chi connectivity index (χ0n) is 14.1. The maximum absolute atomic E-state index is 12.8. The minimum atomic E-state index is -0.946. The van der Waals surface area contributed by atoms with Gasteiger partial charge >= 0.3 is 5.97 Å². The molecule has 7 nitrogen and oxygen atoms in total. The molecule has 0 aliphatic heterocycles. The number of ketones is 1. The van der Waals surface area contributed by atoms with E-state index in [4.69, 9.17) is 25.9 Å². The Morgan fingerprint density at radius 2 is 1.65 bits per heavy atom. The smallest absolute Gasteiger partial charge is 0.338 e. The normalized spacial score (nSPS) is 9.08. The average molecular weight is 345 g/mol. The van der Waals surface area contributed by atoms with E-state index in [9.17, 15) is 9.59 Å². The van der Waals surface area contributed by atoms with E-state index < -0.39 is 28.5 Å². The van der Waals surface area contributed by atoms with Crippen molar-refractivity contribution in [1.82, 2.24) is 0 Å². The van der Waals surface area contributed by atoms with Gasteiger partial charge < -0.3 is 10.1 Å². The summed E-state index contributed by atoms with van der Waals surface area (Å²) >= 11 is 0. The largest absolute Gasteiger partial charge is 0.762 e. The molecule has 0 radical (unpaired) electrons. The number of ether oxygens (including phenoxy) is 1. The molecule has 0 saturated heterocycles. The number of rotatable bonds is 6. The first-order valence-electron chi connectivity index (χ1n) is 7.44. The number of nitriles is 3. The molecule has 0 aromatic heterocycles. The number of carbonyl (C=O) groups excluding carboxylic acids is 2. The highest BCUT2D eigenvalue weighted by atomic mass is 16.5. The molecular formula is C19H13N4O3-. The third kappa shape index (κ3) is 4.52. The Morgan fingerprint density at radius 1 is 1.08 bits per heavy atom.